The molecule has 0 unspecified atom stereocenters. The number of aromatic nitrogens is 1. The Kier molecular flexibility index (Phi) is 6.10. The molecule has 5 heteroatoms. The van der Waals surface area contributed by atoms with Crippen LogP contribution in [0, 0.1) is 5.41 Å². The summed E-state index contributed by atoms with van der Waals surface area (Å²) in [6.45, 7) is 13.3. The number of benzene rings is 1. The second kappa shape index (κ2) is 8.62. The highest BCUT2D eigenvalue weighted by molar-refractivity contribution is 5.96. The minimum Gasteiger partial charge on any atom is -0.493 e. The van der Waals surface area contributed by atoms with Crippen LogP contribution in [0.5, 0.6) is 11.5 Å². The van der Waals surface area contributed by atoms with Gasteiger partial charge in [-0.1, -0.05) is 13.8 Å². The monoisotopic (exact) mass is 411 g/mol. The lowest BCUT2D eigenvalue weighted by molar-refractivity contribution is 0.254. The van der Waals surface area contributed by atoms with Crippen molar-refractivity contribution in [3.8, 4) is 11.5 Å². The van der Waals surface area contributed by atoms with Gasteiger partial charge in [0.15, 0.2) is 11.5 Å². The fourth-order valence-electron chi connectivity index (χ4n) is 4.90. The van der Waals surface area contributed by atoms with Gasteiger partial charge in [-0.3, -0.25) is 4.98 Å². The molecule has 0 amide bonds. The van der Waals surface area contributed by atoms with Crippen LogP contribution in [0.1, 0.15) is 58.2 Å². The van der Waals surface area contributed by atoms with Crippen LogP contribution in [0.2, 0.25) is 0 Å². The van der Waals surface area contributed by atoms with E-state index >= 15 is 0 Å². The van der Waals surface area contributed by atoms with Crippen LogP contribution in [0.4, 0.5) is 5.69 Å². The van der Waals surface area contributed by atoms with E-state index in [1.807, 2.05) is 0 Å². The van der Waals surface area contributed by atoms with Crippen molar-refractivity contribution in [3.63, 3.8) is 0 Å². The predicted octanol–water partition coefficient (Wildman–Crippen LogP) is 5.05. The van der Waals surface area contributed by atoms with Gasteiger partial charge >= 0.3 is 0 Å². The van der Waals surface area contributed by atoms with E-state index in [-0.39, 0.29) is 5.41 Å². The van der Waals surface area contributed by atoms with Gasteiger partial charge in [0.2, 0.25) is 0 Å². The van der Waals surface area contributed by atoms with Crippen molar-refractivity contribution in [2.24, 2.45) is 5.41 Å². The standard InChI is InChI=1S/C25H37N3O2/c1-17(2)26-24-18-13-22(29-5)23(30-12-8-11-28-9-6-7-10-28)14-20(18)27-21-16-25(3,4)15-19(21)24/h13-14,17H,6-12,15-16H2,1-5H3,(H,26,27). The minimum atomic E-state index is 0.249. The Hall–Kier alpha value is -2.01. The van der Waals surface area contributed by atoms with Gasteiger partial charge in [-0.2, -0.15) is 0 Å². The summed E-state index contributed by atoms with van der Waals surface area (Å²) in [5.41, 5.74) is 5.04. The van der Waals surface area contributed by atoms with Crippen molar-refractivity contribution in [2.45, 2.75) is 65.8 Å². The molecular formula is C25H37N3O2. The third kappa shape index (κ3) is 4.51. The molecule has 0 spiro atoms. The Morgan fingerprint density at radius 1 is 1.13 bits per heavy atom. The Bertz CT molecular complexity index is 901. The van der Waals surface area contributed by atoms with Crippen LogP contribution in [0.15, 0.2) is 12.1 Å². The second-order valence-corrected chi connectivity index (χ2v) is 10.00. The molecule has 1 aromatic carbocycles. The van der Waals surface area contributed by atoms with Crippen molar-refractivity contribution in [2.75, 3.05) is 38.7 Å². The van der Waals surface area contributed by atoms with Crippen molar-refractivity contribution < 1.29 is 9.47 Å². The fraction of sp³-hybridized carbons (Fsp3) is 0.640. The summed E-state index contributed by atoms with van der Waals surface area (Å²) in [5.74, 6) is 1.58. The number of likely N-dealkylation sites (tertiary alicyclic amines) is 1. The average molecular weight is 412 g/mol. The lowest BCUT2D eigenvalue weighted by Gasteiger charge is -2.20. The Labute approximate surface area is 181 Å². The molecule has 1 aliphatic carbocycles. The zero-order chi connectivity index (χ0) is 21.3. The minimum absolute atomic E-state index is 0.249. The molecule has 2 heterocycles. The first-order chi connectivity index (χ1) is 14.4. The van der Waals surface area contributed by atoms with E-state index in [1.54, 1.807) is 7.11 Å². The number of anilines is 1. The van der Waals surface area contributed by atoms with Crippen LogP contribution in [0.25, 0.3) is 10.9 Å². The summed E-state index contributed by atoms with van der Waals surface area (Å²) in [4.78, 5) is 7.59. The zero-order valence-electron chi connectivity index (χ0n) is 19.3. The lowest BCUT2D eigenvalue weighted by Crippen LogP contribution is -2.21. The molecule has 5 nitrogen and oxygen atoms in total. The van der Waals surface area contributed by atoms with E-state index in [0.717, 1.165) is 48.2 Å². The maximum Gasteiger partial charge on any atom is 0.163 e. The predicted molar refractivity (Wildman–Crippen MR) is 124 cm³/mol. The lowest BCUT2D eigenvalue weighted by atomic mass is 9.90. The van der Waals surface area contributed by atoms with Gasteiger partial charge in [0, 0.05) is 35.4 Å². The molecule has 30 heavy (non-hydrogen) atoms. The highest BCUT2D eigenvalue weighted by atomic mass is 16.5. The average Bonchev–Trinajstić information content (AvgIpc) is 3.30. The molecule has 1 fully saturated rings. The molecule has 4 rings (SSSR count). The first kappa shape index (κ1) is 21.2. The Balaban J connectivity index is 1.62. The number of hydrogen-bond donors (Lipinski definition) is 1. The number of nitrogens with zero attached hydrogens (tertiary/aromatic N) is 2. The van der Waals surface area contributed by atoms with Crippen LogP contribution in [-0.2, 0) is 12.8 Å². The largest absolute Gasteiger partial charge is 0.493 e. The second-order valence-electron chi connectivity index (χ2n) is 10.00. The fourth-order valence-corrected chi connectivity index (χ4v) is 4.90. The Morgan fingerprint density at radius 2 is 1.90 bits per heavy atom. The number of nitrogens with one attached hydrogen (secondary N) is 1. The summed E-state index contributed by atoms with van der Waals surface area (Å²) in [6.07, 6.45) is 5.77. The molecule has 0 saturated carbocycles. The molecule has 0 atom stereocenters. The SMILES string of the molecule is COc1cc2c(NC(C)C)c3c(nc2cc1OCCCN1CCCC1)CC(C)(C)C3. The van der Waals surface area contributed by atoms with Crippen molar-refractivity contribution in [3.05, 3.63) is 23.4 Å². The molecule has 164 valence electrons. The smallest absolute Gasteiger partial charge is 0.163 e. The van der Waals surface area contributed by atoms with Gasteiger partial charge in [-0.05, 0) is 76.1 Å². The molecule has 1 saturated heterocycles. The van der Waals surface area contributed by atoms with Gasteiger partial charge in [0.25, 0.3) is 0 Å². The third-order valence-corrected chi connectivity index (χ3v) is 6.27. The molecule has 1 N–H and O–H groups in total. The van der Waals surface area contributed by atoms with E-state index in [2.05, 4.69) is 50.0 Å². The summed E-state index contributed by atoms with van der Waals surface area (Å²) in [7, 11) is 1.72. The van der Waals surface area contributed by atoms with Gasteiger partial charge in [-0.25, -0.2) is 0 Å². The first-order valence-corrected chi connectivity index (χ1v) is 11.5. The number of methoxy groups -OCH3 is 1. The van der Waals surface area contributed by atoms with Crippen molar-refractivity contribution >= 4 is 16.6 Å². The molecule has 0 bridgehead atoms. The highest BCUT2D eigenvalue weighted by Crippen LogP contribution is 2.44. The number of hydrogen-bond acceptors (Lipinski definition) is 5. The van der Waals surface area contributed by atoms with Gasteiger partial charge in [0.05, 0.1) is 19.2 Å². The van der Waals surface area contributed by atoms with E-state index in [9.17, 15) is 0 Å². The van der Waals surface area contributed by atoms with Crippen LogP contribution in [-0.4, -0.2) is 49.3 Å². The van der Waals surface area contributed by atoms with Crippen LogP contribution >= 0.6 is 0 Å². The number of ether oxygens (including phenoxy) is 2. The van der Waals surface area contributed by atoms with Gasteiger partial charge in [0.1, 0.15) is 0 Å². The molecule has 1 aromatic heterocycles. The van der Waals surface area contributed by atoms with Crippen LogP contribution < -0.4 is 14.8 Å². The van der Waals surface area contributed by atoms with Crippen molar-refractivity contribution in [1.29, 1.82) is 0 Å². The van der Waals surface area contributed by atoms with Gasteiger partial charge in [-0.15, -0.1) is 0 Å². The quantitative estimate of drug-likeness (QED) is 0.616. The summed E-state index contributed by atoms with van der Waals surface area (Å²) in [5, 5.41) is 4.82. The van der Waals surface area contributed by atoms with Crippen LogP contribution in [0.3, 0.4) is 0 Å². The normalized spacial score (nSPS) is 18.2. The third-order valence-electron chi connectivity index (χ3n) is 6.27. The van der Waals surface area contributed by atoms with E-state index in [4.69, 9.17) is 14.5 Å². The van der Waals surface area contributed by atoms with E-state index < -0.39 is 0 Å². The highest BCUT2D eigenvalue weighted by Gasteiger charge is 2.33. The maximum atomic E-state index is 6.17. The van der Waals surface area contributed by atoms with Crippen molar-refractivity contribution in [1.82, 2.24) is 9.88 Å². The van der Waals surface area contributed by atoms with Gasteiger partial charge < -0.3 is 19.7 Å². The summed E-state index contributed by atoms with van der Waals surface area (Å²) >= 11 is 0. The van der Waals surface area contributed by atoms with E-state index in [1.165, 1.54) is 42.9 Å². The molecule has 1 aliphatic heterocycles. The number of pyridine rings is 1. The summed E-state index contributed by atoms with van der Waals surface area (Å²) < 4.78 is 11.9. The molecule has 2 aliphatic rings. The number of fused-ring (bicyclic) bond motifs is 2. The molecule has 0 radical (unpaired) electrons. The zero-order valence-corrected chi connectivity index (χ0v) is 19.3. The molecular weight excluding hydrogens is 374 g/mol. The molecule has 2 aromatic rings. The van der Waals surface area contributed by atoms with E-state index in [0.29, 0.717) is 12.6 Å². The summed E-state index contributed by atoms with van der Waals surface area (Å²) in [6, 6.07) is 4.53. The first-order valence-electron chi connectivity index (χ1n) is 11.5. The number of rotatable bonds is 8. The topological polar surface area (TPSA) is 46.6 Å². The maximum absolute atomic E-state index is 6.17. The Morgan fingerprint density at radius 3 is 2.60 bits per heavy atom.